The van der Waals surface area contributed by atoms with Gasteiger partial charge in [-0.15, -0.1) is 0 Å². The Labute approximate surface area is 103 Å². The topological polar surface area (TPSA) is 44.5 Å². The molecule has 0 saturated heterocycles. The van der Waals surface area contributed by atoms with Crippen molar-refractivity contribution >= 4 is 0 Å². The average Bonchev–Trinajstić information content (AvgIpc) is 2.38. The highest BCUT2D eigenvalue weighted by Gasteiger charge is 2.30. The van der Waals surface area contributed by atoms with Crippen molar-refractivity contribution in [1.82, 2.24) is 0 Å². The third-order valence-electron chi connectivity index (χ3n) is 3.70. The average molecular weight is 235 g/mol. The van der Waals surface area contributed by atoms with Gasteiger partial charge in [0.05, 0.1) is 14.2 Å². The second-order valence-electron chi connectivity index (χ2n) is 4.79. The Morgan fingerprint density at radius 2 is 1.65 bits per heavy atom. The fraction of sp³-hybridized carbons (Fsp3) is 0.571. The lowest BCUT2D eigenvalue weighted by molar-refractivity contribution is 0.299. The molecule has 0 unspecified atom stereocenters. The van der Waals surface area contributed by atoms with E-state index in [4.69, 9.17) is 15.2 Å². The first-order chi connectivity index (χ1) is 8.19. The number of rotatable bonds is 3. The second-order valence-corrected chi connectivity index (χ2v) is 4.79. The molecule has 0 aliphatic heterocycles. The van der Waals surface area contributed by atoms with Crippen LogP contribution in [0.5, 0.6) is 11.5 Å². The minimum absolute atomic E-state index is 0.183. The van der Waals surface area contributed by atoms with Crippen LogP contribution in [0.2, 0.25) is 0 Å². The van der Waals surface area contributed by atoms with Crippen LogP contribution in [-0.2, 0) is 5.54 Å². The van der Waals surface area contributed by atoms with E-state index in [2.05, 4.69) is 6.07 Å². The molecule has 1 aliphatic carbocycles. The van der Waals surface area contributed by atoms with Crippen molar-refractivity contribution in [2.45, 2.75) is 37.6 Å². The zero-order valence-corrected chi connectivity index (χ0v) is 10.7. The van der Waals surface area contributed by atoms with Gasteiger partial charge in [0.25, 0.3) is 0 Å². The van der Waals surface area contributed by atoms with Gasteiger partial charge in [-0.1, -0.05) is 25.3 Å². The SMILES string of the molecule is COc1ccc(C2(N)CCCCC2)cc1OC. The number of benzene rings is 1. The minimum Gasteiger partial charge on any atom is -0.493 e. The molecule has 0 radical (unpaired) electrons. The standard InChI is InChI=1S/C14H21NO2/c1-16-12-7-6-11(10-13(12)17-2)14(15)8-4-3-5-9-14/h6-7,10H,3-5,8-9,15H2,1-2H3. The van der Waals surface area contributed by atoms with E-state index in [1.165, 1.54) is 19.3 Å². The van der Waals surface area contributed by atoms with Crippen LogP contribution in [0.25, 0.3) is 0 Å². The first-order valence-corrected chi connectivity index (χ1v) is 6.21. The summed E-state index contributed by atoms with van der Waals surface area (Å²) in [7, 11) is 3.31. The highest BCUT2D eigenvalue weighted by atomic mass is 16.5. The van der Waals surface area contributed by atoms with Gasteiger partial charge in [0.1, 0.15) is 0 Å². The molecular formula is C14H21NO2. The largest absolute Gasteiger partial charge is 0.493 e. The molecule has 0 heterocycles. The van der Waals surface area contributed by atoms with Crippen LogP contribution in [0.1, 0.15) is 37.7 Å². The summed E-state index contributed by atoms with van der Waals surface area (Å²) < 4.78 is 10.6. The second kappa shape index (κ2) is 4.96. The first kappa shape index (κ1) is 12.2. The van der Waals surface area contributed by atoms with Crippen molar-refractivity contribution in [3.8, 4) is 11.5 Å². The van der Waals surface area contributed by atoms with Gasteiger partial charge >= 0.3 is 0 Å². The fourth-order valence-electron chi connectivity index (χ4n) is 2.62. The molecule has 1 aliphatic rings. The first-order valence-electron chi connectivity index (χ1n) is 6.21. The molecule has 0 amide bonds. The molecule has 3 heteroatoms. The van der Waals surface area contributed by atoms with Gasteiger partial charge in [0, 0.05) is 5.54 Å². The zero-order chi connectivity index (χ0) is 12.3. The molecule has 94 valence electrons. The molecule has 0 aromatic heterocycles. The molecule has 0 atom stereocenters. The smallest absolute Gasteiger partial charge is 0.161 e. The third-order valence-corrected chi connectivity index (χ3v) is 3.70. The number of hydrogen-bond donors (Lipinski definition) is 1. The molecular weight excluding hydrogens is 214 g/mol. The van der Waals surface area contributed by atoms with Gasteiger partial charge in [0.15, 0.2) is 11.5 Å². The lowest BCUT2D eigenvalue weighted by atomic mass is 9.77. The molecule has 0 spiro atoms. The van der Waals surface area contributed by atoms with Crippen molar-refractivity contribution in [1.29, 1.82) is 0 Å². The molecule has 1 fully saturated rings. The van der Waals surface area contributed by atoms with E-state index in [-0.39, 0.29) is 5.54 Å². The summed E-state index contributed by atoms with van der Waals surface area (Å²) in [5, 5.41) is 0. The van der Waals surface area contributed by atoms with Gasteiger partial charge in [-0.25, -0.2) is 0 Å². The van der Waals surface area contributed by atoms with Crippen LogP contribution in [0.4, 0.5) is 0 Å². The lowest BCUT2D eigenvalue weighted by Gasteiger charge is -2.34. The molecule has 3 nitrogen and oxygen atoms in total. The molecule has 17 heavy (non-hydrogen) atoms. The Morgan fingerprint density at radius 1 is 1.00 bits per heavy atom. The number of methoxy groups -OCH3 is 2. The normalized spacial score (nSPS) is 18.8. The molecule has 0 bridgehead atoms. The van der Waals surface area contributed by atoms with Crippen LogP contribution >= 0.6 is 0 Å². The lowest BCUT2D eigenvalue weighted by Crippen LogP contribution is -2.38. The predicted molar refractivity (Wildman–Crippen MR) is 68.5 cm³/mol. The van der Waals surface area contributed by atoms with E-state index < -0.39 is 0 Å². The van der Waals surface area contributed by atoms with Crippen LogP contribution in [0.3, 0.4) is 0 Å². The van der Waals surface area contributed by atoms with Crippen LogP contribution in [0.15, 0.2) is 18.2 Å². The van der Waals surface area contributed by atoms with Crippen LogP contribution in [-0.4, -0.2) is 14.2 Å². The summed E-state index contributed by atoms with van der Waals surface area (Å²) in [6.45, 7) is 0. The summed E-state index contributed by atoms with van der Waals surface area (Å²) in [5.74, 6) is 1.52. The summed E-state index contributed by atoms with van der Waals surface area (Å²) in [5.41, 5.74) is 7.48. The summed E-state index contributed by atoms with van der Waals surface area (Å²) in [6, 6.07) is 6.02. The van der Waals surface area contributed by atoms with E-state index in [9.17, 15) is 0 Å². The highest BCUT2D eigenvalue weighted by Crippen LogP contribution is 2.38. The van der Waals surface area contributed by atoms with Crippen molar-refractivity contribution in [2.75, 3.05) is 14.2 Å². The van der Waals surface area contributed by atoms with Crippen molar-refractivity contribution in [2.24, 2.45) is 5.73 Å². The van der Waals surface area contributed by atoms with E-state index in [0.29, 0.717) is 0 Å². The number of hydrogen-bond acceptors (Lipinski definition) is 3. The molecule has 1 aromatic carbocycles. The van der Waals surface area contributed by atoms with Crippen molar-refractivity contribution in [3.05, 3.63) is 23.8 Å². The quantitative estimate of drug-likeness (QED) is 0.876. The Balaban J connectivity index is 2.32. The predicted octanol–water partition coefficient (Wildman–Crippen LogP) is 2.82. The van der Waals surface area contributed by atoms with E-state index in [1.807, 2.05) is 12.1 Å². The van der Waals surface area contributed by atoms with Crippen molar-refractivity contribution < 1.29 is 9.47 Å². The monoisotopic (exact) mass is 235 g/mol. The van der Waals surface area contributed by atoms with E-state index in [1.54, 1.807) is 14.2 Å². The Morgan fingerprint density at radius 3 is 2.24 bits per heavy atom. The van der Waals surface area contributed by atoms with E-state index >= 15 is 0 Å². The molecule has 1 aromatic rings. The summed E-state index contributed by atoms with van der Waals surface area (Å²) in [6.07, 6.45) is 5.84. The van der Waals surface area contributed by atoms with Gasteiger partial charge in [0.2, 0.25) is 0 Å². The molecule has 2 rings (SSSR count). The Bertz CT molecular complexity index is 384. The number of ether oxygens (including phenoxy) is 2. The van der Waals surface area contributed by atoms with Gasteiger partial charge in [-0.3, -0.25) is 0 Å². The van der Waals surface area contributed by atoms with E-state index in [0.717, 1.165) is 29.9 Å². The van der Waals surface area contributed by atoms with Gasteiger partial charge < -0.3 is 15.2 Å². The summed E-state index contributed by atoms with van der Waals surface area (Å²) in [4.78, 5) is 0. The molecule has 1 saturated carbocycles. The van der Waals surface area contributed by atoms with Crippen LogP contribution in [0, 0.1) is 0 Å². The zero-order valence-electron chi connectivity index (χ0n) is 10.7. The van der Waals surface area contributed by atoms with Gasteiger partial charge in [-0.2, -0.15) is 0 Å². The van der Waals surface area contributed by atoms with Crippen LogP contribution < -0.4 is 15.2 Å². The maximum atomic E-state index is 6.50. The Kier molecular flexibility index (Phi) is 3.57. The highest BCUT2D eigenvalue weighted by molar-refractivity contribution is 5.45. The minimum atomic E-state index is -0.183. The molecule has 2 N–H and O–H groups in total. The van der Waals surface area contributed by atoms with Crippen molar-refractivity contribution in [3.63, 3.8) is 0 Å². The number of nitrogens with two attached hydrogens (primary N) is 1. The maximum Gasteiger partial charge on any atom is 0.161 e. The Hall–Kier alpha value is -1.22. The summed E-state index contributed by atoms with van der Waals surface area (Å²) >= 11 is 0. The maximum absolute atomic E-state index is 6.50. The third kappa shape index (κ3) is 2.39. The van der Waals surface area contributed by atoms with Gasteiger partial charge in [-0.05, 0) is 30.5 Å². The fourth-order valence-corrected chi connectivity index (χ4v) is 2.62.